The largest absolute Gasteiger partial charge is 0.493 e. The number of pyridine rings is 1. The fraction of sp³-hybridized carbons (Fsp3) is 0.200. The van der Waals surface area contributed by atoms with Gasteiger partial charge in [0.2, 0.25) is 0 Å². The first-order valence-corrected chi connectivity index (χ1v) is 8.32. The van der Waals surface area contributed by atoms with Gasteiger partial charge in [-0.1, -0.05) is 12.1 Å². The second-order valence-electron chi connectivity index (χ2n) is 5.71. The maximum Gasteiger partial charge on any atom is 0.303 e. The van der Waals surface area contributed by atoms with Crippen LogP contribution in [0.1, 0.15) is 12.8 Å². The lowest BCUT2D eigenvalue weighted by molar-refractivity contribution is -0.137. The average molecular weight is 371 g/mol. The van der Waals surface area contributed by atoms with Crippen LogP contribution in [0.25, 0.3) is 10.9 Å². The first-order chi connectivity index (χ1) is 13.1. The van der Waals surface area contributed by atoms with Gasteiger partial charge in [-0.2, -0.15) is 0 Å². The highest BCUT2D eigenvalue weighted by Crippen LogP contribution is 2.37. The van der Waals surface area contributed by atoms with Crippen LogP contribution in [0.5, 0.6) is 23.0 Å². The highest BCUT2D eigenvalue weighted by atomic mass is 19.1. The number of hydrogen-bond donors (Lipinski definition) is 1. The Morgan fingerprint density at radius 1 is 1.11 bits per heavy atom. The fourth-order valence-electron chi connectivity index (χ4n) is 2.54. The number of fused-ring (bicyclic) bond motifs is 1. The van der Waals surface area contributed by atoms with Crippen LogP contribution in [0.15, 0.2) is 48.7 Å². The molecule has 7 heteroatoms. The zero-order valence-electron chi connectivity index (χ0n) is 14.6. The molecule has 6 nitrogen and oxygen atoms in total. The summed E-state index contributed by atoms with van der Waals surface area (Å²) in [6.45, 7) is 0.236. The molecule has 0 fully saturated rings. The third kappa shape index (κ3) is 4.44. The van der Waals surface area contributed by atoms with E-state index in [9.17, 15) is 9.18 Å². The maximum atomic E-state index is 13.9. The molecular weight excluding hydrogens is 353 g/mol. The van der Waals surface area contributed by atoms with Crippen molar-refractivity contribution in [3.8, 4) is 23.0 Å². The van der Waals surface area contributed by atoms with Crippen molar-refractivity contribution < 1.29 is 28.5 Å². The van der Waals surface area contributed by atoms with Crippen molar-refractivity contribution in [2.45, 2.75) is 12.8 Å². The summed E-state index contributed by atoms with van der Waals surface area (Å²) in [5.41, 5.74) is 0.581. The number of ether oxygens (including phenoxy) is 3. The SMILES string of the molecule is COc1cc2c(Oc3ccccc3F)ccnc2cc1OCCCC(=O)O. The van der Waals surface area contributed by atoms with E-state index in [1.807, 2.05) is 0 Å². The Bertz CT molecular complexity index is 960. The zero-order chi connectivity index (χ0) is 19.2. The van der Waals surface area contributed by atoms with E-state index in [1.165, 1.54) is 13.2 Å². The molecule has 27 heavy (non-hydrogen) atoms. The number of aromatic nitrogens is 1. The molecule has 3 rings (SSSR count). The number of methoxy groups -OCH3 is 1. The molecule has 0 unspecified atom stereocenters. The Hall–Kier alpha value is -3.35. The molecule has 1 aromatic heterocycles. The van der Waals surface area contributed by atoms with E-state index in [1.54, 1.807) is 42.6 Å². The van der Waals surface area contributed by atoms with E-state index in [-0.39, 0.29) is 18.8 Å². The van der Waals surface area contributed by atoms with E-state index in [0.29, 0.717) is 34.6 Å². The van der Waals surface area contributed by atoms with Gasteiger partial charge in [0.25, 0.3) is 0 Å². The molecule has 0 saturated heterocycles. The minimum absolute atomic E-state index is 0.0226. The van der Waals surface area contributed by atoms with Crippen molar-refractivity contribution in [3.63, 3.8) is 0 Å². The van der Waals surface area contributed by atoms with Gasteiger partial charge in [0.05, 0.1) is 19.2 Å². The van der Waals surface area contributed by atoms with Gasteiger partial charge in [0, 0.05) is 24.1 Å². The predicted octanol–water partition coefficient (Wildman–Crippen LogP) is 4.42. The van der Waals surface area contributed by atoms with Crippen LogP contribution in [-0.2, 0) is 4.79 Å². The molecule has 140 valence electrons. The number of nitrogens with zero attached hydrogens (tertiary/aromatic N) is 1. The highest BCUT2D eigenvalue weighted by molar-refractivity contribution is 5.88. The molecule has 0 radical (unpaired) electrons. The highest BCUT2D eigenvalue weighted by Gasteiger charge is 2.13. The number of carboxylic acids is 1. The van der Waals surface area contributed by atoms with Crippen molar-refractivity contribution in [2.75, 3.05) is 13.7 Å². The topological polar surface area (TPSA) is 77.9 Å². The third-order valence-corrected chi connectivity index (χ3v) is 3.84. The van der Waals surface area contributed by atoms with Gasteiger partial charge in [-0.15, -0.1) is 0 Å². The Morgan fingerprint density at radius 2 is 1.93 bits per heavy atom. The van der Waals surface area contributed by atoms with Crippen molar-refractivity contribution in [1.82, 2.24) is 4.98 Å². The van der Waals surface area contributed by atoms with Gasteiger partial charge < -0.3 is 19.3 Å². The molecule has 1 heterocycles. The van der Waals surface area contributed by atoms with Crippen molar-refractivity contribution in [3.05, 3.63) is 54.5 Å². The van der Waals surface area contributed by atoms with Gasteiger partial charge in [0.1, 0.15) is 5.75 Å². The molecule has 0 aliphatic heterocycles. The van der Waals surface area contributed by atoms with Gasteiger partial charge >= 0.3 is 5.97 Å². The Labute approximate surface area is 155 Å². The minimum Gasteiger partial charge on any atom is -0.493 e. The van der Waals surface area contributed by atoms with Crippen LogP contribution in [-0.4, -0.2) is 29.8 Å². The second kappa shape index (κ2) is 8.35. The van der Waals surface area contributed by atoms with E-state index in [0.717, 1.165) is 0 Å². The summed E-state index contributed by atoms with van der Waals surface area (Å²) in [5, 5.41) is 9.33. The number of benzene rings is 2. The van der Waals surface area contributed by atoms with Crippen LogP contribution < -0.4 is 14.2 Å². The average Bonchev–Trinajstić information content (AvgIpc) is 2.66. The first kappa shape index (κ1) is 18.4. The van der Waals surface area contributed by atoms with Crippen LogP contribution in [0.4, 0.5) is 4.39 Å². The van der Waals surface area contributed by atoms with Crippen molar-refractivity contribution >= 4 is 16.9 Å². The summed E-state index contributed by atoms with van der Waals surface area (Å²) in [6, 6.07) is 11.2. The quantitative estimate of drug-likeness (QED) is 0.591. The smallest absolute Gasteiger partial charge is 0.303 e. The molecule has 1 N–H and O–H groups in total. The number of hydrogen-bond acceptors (Lipinski definition) is 5. The Balaban J connectivity index is 1.89. The van der Waals surface area contributed by atoms with Gasteiger partial charge in [0.15, 0.2) is 23.1 Å². The van der Waals surface area contributed by atoms with Crippen molar-refractivity contribution in [1.29, 1.82) is 0 Å². The normalized spacial score (nSPS) is 10.6. The summed E-state index contributed by atoms with van der Waals surface area (Å²) in [5.74, 6) is 0.0995. The molecule has 0 spiro atoms. The summed E-state index contributed by atoms with van der Waals surface area (Å²) in [6.07, 6.45) is 1.95. The van der Waals surface area contributed by atoms with Crippen LogP contribution >= 0.6 is 0 Å². The lowest BCUT2D eigenvalue weighted by atomic mass is 10.1. The molecule has 0 amide bonds. The van der Waals surface area contributed by atoms with Crippen LogP contribution in [0.3, 0.4) is 0 Å². The van der Waals surface area contributed by atoms with E-state index < -0.39 is 11.8 Å². The Morgan fingerprint density at radius 3 is 2.67 bits per heavy atom. The number of aliphatic carboxylic acids is 1. The molecule has 0 saturated carbocycles. The monoisotopic (exact) mass is 371 g/mol. The van der Waals surface area contributed by atoms with Crippen molar-refractivity contribution in [2.24, 2.45) is 0 Å². The first-order valence-electron chi connectivity index (χ1n) is 8.32. The lowest BCUT2D eigenvalue weighted by Gasteiger charge is -2.14. The number of rotatable bonds is 8. The minimum atomic E-state index is -0.874. The third-order valence-electron chi connectivity index (χ3n) is 3.84. The predicted molar refractivity (Wildman–Crippen MR) is 97.1 cm³/mol. The molecule has 0 aliphatic carbocycles. The molecular formula is C20H18FNO5. The van der Waals surface area contributed by atoms with E-state index in [2.05, 4.69) is 4.98 Å². The summed E-state index contributed by atoms with van der Waals surface area (Å²) in [4.78, 5) is 14.9. The van der Waals surface area contributed by atoms with Crippen LogP contribution in [0, 0.1) is 5.82 Å². The second-order valence-corrected chi connectivity index (χ2v) is 5.71. The number of para-hydroxylation sites is 1. The Kier molecular flexibility index (Phi) is 5.71. The van der Waals surface area contributed by atoms with Crippen LogP contribution in [0.2, 0.25) is 0 Å². The number of carbonyl (C=O) groups is 1. The standard InChI is InChI=1S/C20H18FNO5/c1-25-18-11-13-15(12-19(18)26-10-4-7-20(23)24)22-9-8-16(13)27-17-6-3-2-5-14(17)21/h2-3,5-6,8-9,11-12H,4,7,10H2,1H3,(H,23,24). The molecule has 0 aliphatic rings. The van der Waals surface area contributed by atoms with Gasteiger partial charge in [-0.05, 0) is 30.7 Å². The zero-order valence-corrected chi connectivity index (χ0v) is 14.6. The van der Waals surface area contributed by atoms with Gasteiger partial charge in [-0.3, -0.25) is 9.78 Å². The maximum absolute atomic E-state index is 13.9. The summed E-state index contributed by atoms with van der Waals surface area (Å²) < 4.78 is 30.6. The van der Waals surface area contributed by atoms with E-state index >= 15 is 0 Å². The molecule has 2 aromatic carbocycles. The number of halogens is 1. The molecule has 3 aromatic rings. The van der Waals surface area contributed by atoms with E-state index in [4.69, 9.17) is 19.3 Å². The summed E-state index contributed by atoms with van der Waals surface area (Å²) in [7, 11) is 1.50. The molecule has 0 atom stereocenters. The van der Waals surface area contributed by atoms with Gasteiger partial charge in [-0.25, -0.2) is 4.39 Å². The number of carboxylic acid groups (broad SMARTS) is 1. The fourth-order valence-corrected chi connectivity index (χ4v) is 2.54. The molecule has 0 bridgehead atoms. The summed E-state index contributed by atoms with van der Waals surface area (Å²) >= 11 is 0. The lowest BCUT2D eigenvalue weighted by Crippen LogP contribution is -2.03.